The standard InChI is InChI=1S/C27H24N4O4S/c1-36(2,35)23-6-4-3-5-21(23)27(34)31-22-13-19(9-12-24(22)36)26(33)30-16-17-14-28-25(29-15-17)18-7-10-20(32)11-8-18/h3-15,32H,16H2,1-2H3,(H,30,33)(H,31,34). The van der Waals surface area contributed by atoms with Crippen LogP contribution in [0.4, 0.5) is 5.69 Å². The summed E-state index contributed by atoms with van der Waals surface area (Å²) >= 11 is 0. The number of carbonyl (C=O) groups is 2. The maximum Gasteiger partial charge on any atom is 0.256 e. The van der Waals surface area contributed by atoms with Crippen molar-refractivity contribution in [1.82, 2.24) is 15.3 Å². The summed E-state index contributed by atoms with van der Waals surface area (Å²) in [5, 5.41) is 15.1. The van der Waals surface area contributed by atoms with Crippen LogP contribution < -0.4 is 10.6 Å². The van der Waals surface area contributed by atoms with E-state index in [4.69, 9.17) is 0 Å². The van der Waals surface area contributed by atoms with Gasteiger partial charge in [-0.05, 0) is 76.2 Å². The van der Waals surface area contributed by atoms with E-state index in [1.165, 1.54) is 0 Å². The number of phenolic OH excluding ortho intramolecular Hbond substituents is 1. The molecule has 0 radical (unpaired) electrons. The molecule has 8 nitrogen and oxygen atoms in total. The van der Waals surface area contributed by atoms with Gasteiger partial charge in [0.05, 0.1) is 11.3 Å². The number of aromatic nitrogens is 2. The van der Waals surface area contributed by atoms with Gasteiger partial charge in [-0.3, -0.25) is 13.8 Å². The zero-order valence-electron chi connectivity index (χ0n) is 19.7. The number of carbonyl (C=O) groups excluding carboxylic acids is 2. The first-order chi connectivity index (χ1) is 17.1. The fourth-order valence-electron chi connectivity index (χ4n) is 4.26. The summed E-state index contributed by atoms with van der Waals surface area (Å²) in [6.07, 6.45) is 6.55. The fourth-order valence-corrected chi connectivity index (χ4v) is 6.98. The van der Waals surface area contributed by atoms with E-state index in [9.17, 15) is 18.9 Å². The first-order valence-corrected chi connectivity index (χ1v) is 13.9. The number of aromatic hydroxyl groups is 1. The number of benzene rings is 3. The Balaban J connectivity index is 1.35. The summed E-state index contributed by atoms with van der Waals surface area (Å²) < 4.78 is 14.2. The lowest BCUT2D eigenvalue weighted by Gasteiger charge is -2.35. The van der Waals surface area contributed by atoms with Gasteiger partial charge in [-0.1, -0.05) is 12.1 Å². The minimum Gasteiger partial charge on any atom is -0.508 e. The third kappa shape index (κ3) is 4.14. The fraction of sp³-hybridized carbons (Fsp3) is 0.111. The van der Waals surface area contributed by atoms with E-state index in [0.717, 1.165) is 5.56 Å². The van der Waals surface area contributed by atoms with Crippen molar-refractivity contribution < 1.29 is 18.9 Å². The van der Waals surface area contributed by atoms with Crippen molar-refractivity contribution in [2.45, 2.75) is 16.3 Å². The Hall–Kier alpha value is -4.37. The highest BCUT2D eigenvalue weighted by Gasteiger charge is 2.39. The Morgan fingerprint density at radius 2 is 1.67 bits per heavy atom. The van der Waals surface area contributed by atoms with Gasteiger partial charge < -0.3 is 15.7 Å². The van der Waals surface area contributed by atoms with Gasteiger partial charge >= 0.3 is 0 Å². The van der Waals surface area contributed by atoms with Crippen molar-refractivity contribution >= 4 is 26.6 Å². The van der Waals surface area contributed by atoms with Crippen molar-refractivity contribution in [1.29, 1.82) is 0 Å². The molecule has 1 aromatic heterocycles. The number of nitrogens with one attached hydrogen (secondary N) is 2. The molecule has 0 aliphatic carbocycles. The zero-order valence-corrected chi connectivity index (χ0v) is 20.5. The summed E-state index contributed by atoms with van der Waals surface area (Å²) in [5.41, 5.74) is 2.50. The third-order valence-electron chi connectivity index (χ3n) is 6.18. The Morgan fingerprint density at radius 1 is 0.972 bits per heavy atom. The van der Waals surface area contributed by atoms with Crippen molar-refractivity contribution in [3.63, 3.8) is 0 Å². The lowest BCUT2D eigenvalue weighted by atomic mass is 10.1. The van der Waals surface area contributed by atoms with E-state index < -0.39 is 9.07 Å². The molecule has 0 saturated carbocycles. The van der Waals surface area contributed by atoms with Crippen LogP contribution in [0.15, 0.2) is 88.9 Å². The zero-order chi connectivity index (χ0) is 25.5. The van der Waals surface area contributed by atoms with Crippen LogP contribution in [0.2, 0.25) is 0 Å². The average molecular weight is 501 g/mol. The van der Waals surface area contributed by atoms with Gasteiger partial charge in [0.15, 0.2) is 5.82 Å². The van der Waals surface area contributed by atoms with Gasteiger partial charge in [-0.25, -0.2) is 9.97 Å². The van der Waals surface area contributed by atoms with Crippen molar-refractivity contribution in [2.75, 3.05) is 17.8 Å². The van der Waals surface area contributed by atoms with E-state index in [1.807, 2.05) is 0 Å². The largest absolute Gasteiger partial charge is 0.508 e. The van der Waals surface area contributed by atoms with Crippen molar-refractivity contribution in [2.24, 2.45) is 0 Å². The molecule has 9 heteroatoms. The number of phenols is 1. The van der Waals surface area contributed by atoms with Gasteiger partial charge in [-0.2, -0.15) is 0 Å². The SMILES string of the molecule is CS1(C)(=O)c2ccc(C(=O)NCc3cnc(-c4ccc(O)cc4)nc3)cc2NC(=O)c2ccccc21. The highest BCUT2D eigenvalue weighted by atomic mass is 32.3. The molecule has 3 N–H and O–H groups in total. The van der Waals surface area contributed by atoms with Crippen LogP contribution in [0.5, 0.6) is 5.75 Å². The van der Waals surface area contributed by atoms with Crippen LogP contribution in [0, 0.1) is 0 Å². The second-order valence-electron chi connectivity index (χ2n) is 9.13. The second-order valence-corrected chi connectivity index (χ2v) is 13.7. The molecule has 1 aliphatic rings. The molecule has 2 amide bonds. The Morgan fingerprint density at radius 3 is 2.39 bits per heavy atom. The Bertz CT molecular complexity index is 1570. The summed E-state index contributed by atoms with van der Waals surface area (Å²) in [6.45, 7) is 0.199. The highest BCUT2D eigenvalue weighted by molar-refractivity contribution is 8.19. The number of hydrogen-bond donors (Lipinski definition) is 3. The number of nitrogens with zero attached hydrogens (tertiary/aromatic N) is 2. The molecule has 0 bridgehead atoms. The van der Waals surface area contributed by atoms with E-state index in [1.54, 1.807) is 91.6 Å². The predicted molar refractivity (Wildman–Crippen MR) is 138 cm³/mol. The number of rotatable bonds is 4. The lowest BCUT2D eigenvalue weighted by molar-refractivity contribution is 0.0949. The molecule has 36 heavy (non-hydrogen) atoms. The van der Waals surface area contributed by atoms with E-state index in [-0.39, 0.29) is 24.1 Å². The number of fused-ring (bicyclic) bond motifs is 2. The molecule has 3 aromatic carbocycles. The van der Waals surface area contributed by atoms with Gasteiger partial charge in [0.2, 0.25) is 0 Å². The topological polar surface area (TPSA) is 121 Å². The van der Waals surface area contributed by atoms with Gasteiger partial charge in [0.25, 0.3) is 11.8 Å². The summed E-state index contributed by atoms with van der Waals surface area (Å²) in [5.74, 6) is -0.0525. The molecule has 0 unspecified atom stereocenters. The highest BCUT2D eigenvalue weighted by Crippen LogP contribution is 2.46. The first kappa shape index (κ1) is 23.4. The molecule has 1 aliphatic heterocycles. The van der Waals surface area contributed by atoms with Gasteiger partial charge in [0.1, 0.15) is 5.75 Å². The van der Waals surface area contributed by atoms with Crippen LogP contribution in [0.1, 0.15) is 26.3 Å². The molecular formula is C27H24N4O4S. The quantitative estimate of drug-likeness (QED) is 0.391. The molecule has 0 saturated heterocycles. The van der Waals surface area contributed by atoms with Gasteiger partial charge in [0, 0.05) is 45.4 Å². The minimum absolute atomic E-state index is 0.163. The van der Waals surface area contributed by atoms with Gasteiger partial charge in [-0.15, -0.1) is 0 Å². The van der Waals surface area contributed by atoms with Crippen LogP contribution >= 0.6 is 0 Å². The van der Waals surface area contributed by atoms with Crippen molar-refractivity contribution in [3.05, 3.63) is 95.8 Å². The van der Waals surface area contributed by atoms with Crippen LogP contribution in [0.25, 0.3) is 11.4 Å². The van der Waals surface area contributed by atoms with Crippen LogP contribution in [-0.2, 0) is 15.6 Å². The summed E-state index contributed by atoms with van der Waals surface area (Å²) in [7, 11) is -3.58. The molecule has 2 heterocycles. The minimum atomic E-state index is -3.58. The summed E-state index contributed by atoms with van der Waals surface area (Å²) in [4.78, 5) is 35.4. The second kappa shape index (κ2) is 8.39. The molecule has 182 valence electrons. The van der Waals surface area contributed by atoms with E-state index in [2.05, 4.69) is 20.6 Å². The normalized spacial score (nSPS) is 16.3. The van der Waals surface area contributed by atoms with Crippen molar-refractivity contribution in [3.8, 4) is 17.1 Å². The Labute approximate surface area is 207 Å². The molecule has 0 fully saturated rings. The van der Waals surface area contributed by atoms with Crippen LogP contribution in [0.3, 0.4) is 0 Å². The summed E-state index contributed by atoms with van der Waals surface area (Å²) in [6, 6.07) is 18.2. The number of hydrogen-bond acceptors (Lipinski definition) is 6. The number of amides is 2. The first-order valence-electron chi connectivity index (χ1n) is 11.2. The maximum absolute atomic E-state index is 14.2. The molecule has 4 aromatic rings. The monoisotopic (exact) mass is 500 g/mol. The predicted octanol–water partition coefficient (Wildman–Crippen LogP) is 3.84. The van der Waals surface area contributed by atoms with E-state index in [0.29, 0.717) is 38.0 Å². The molecular weight excluding hydrogens is 476 g/mol. The molecule has 0 spiro atoms. The van der Waals surface area contributed by atoms with E-state index >= 15 is 0 Å². The smallest absolute Gasteiger partial charge is 0.256 e. The third-order valence-corrected chi connectivity index (χ3v) is 9.45. The molecule has 5 rings (SSSR count). The maximum atomic E-state index is 14.2. The number of anilines is 1. The average Bonchev–Trinajstić information content (AvgIpc) is 2.94. The molecule has 0 atom stereocenters. The lowest BCUT2D eigenvalue weighted by Crippen LogP contribution is -2.31. The Kier molecular flexibility index (Phi) is 5.44. The van der Waals surface area contributed by atoms with Crippen LogP contribution in [-0.4, -0.2) is 43.6 Å².